The number of anilines is 2. The number of alkyl halides is 3. The van der Waals surface area contributed by atoms with Gasteiger partial charge in [0.25, 0.3) is 11.2 Å². The van der Waals surface area contributed by atoms with Crippen molar-refractivity contribution in [2.24, 2.45) is 0 Å². The van der Waals surface area contributed by atoms with Gasteiger partial charge in [-0.3, -0.25) is 19.5 Å². The van der Waals surface area contributed by atoms with Gasteiger partial charge in [-0.1, -0.05) is 33.8 Å². The first kappa shape index (κ1) is 24.8. The average Bonchev–Trinajstić information content (AvgIpc) is 2.74. The summed E-state index contributed by atoms with van der Waals surface area (Å²) in [6.45, 7) is 7.35. The summed E-state index contributed by atoms with van der Waals surface area (Å²) in [6, 6.07) is 4.00. The molecule has 0 radical (unpaired) electrons. The standard InChI is InChI=1S/C22H21F4N5O3/c1-11(2)17-19(18(12(3)4)28-10-27-17)29-14-8-9-16(22(24,25)26)30(21(14)32)20-13(23)6-5-7-15(20)31(33)34/h5-12,29H,1-4H3. The Balaban J connectivity index is 2.35. The fourth-order valence-electron chi connectivity index (χ4n) is 3.50. The molecular formula is C22H21F4N5O3. The van der Waals surface area contributed by atoms with Gasteiger partial charge in [0.05, 0.1) is 22.0 Å². The van der Waals surface area contributed by atoms with Crippen LogP contribution in [0.25, 0.3) is 5.69 Å². The molecule has 34 heavy (non-hydrogen) atoms. The zero-order chi connectivity index (χ0) is 25.4. The molecular weight excluding hydrogens is 458 g/mol. The minimum absolute atomic E-state index is 0.0241. The van der Waals surface area contributed by atoms with Crippen molar-refractivity contribution in [2.75, 3.05) is 5.32 Å². The highest BCUT2D eigenvalue weighted by atomic mass is 19.4. The first-order valence-electron chi connectivity index (χ1n) is 10.2. The number of para-hydroxylation sites is 1. The number of pyridine rings is 1. The smallest absolute Gasteiger partial charge is 0.348 e. The van der Waals surface area contributed by atoms with E-state index in [1.807, 2.05) is 27.7 Å². The second-order valence-corrected chi connectivity index (χ2v) is 8.09. The molecule has 0 saturated heterocycles. The van der Waals surface area contributed by atoms with Crippen LogP contribution in [0.2, 0.25) is 0 Å². The van der Waals surface area contributed by atoms with E-state index in [2.05, 4.69) is 15.3 Å². The monoisotopic (exact) mass is 479 g/mol. The lowest BCUT2D eigenvalue weighted by atomic mass is 10.0. The van der Waals surface area contributed by atoms with Crippen molar-refractivity contribution in [1.29, 1.82) is 0 Å². The molecule has 12 heteroatoms. The van der Waals surface area contributed by atoms with Gasteiger partial charge in [0.15, 0.2) is 11.5 Å². The molecule has 2 aromatic heterocycles. The van der Waals surface area contributed by atoms with Gasteiger partial charge in [0.1, 0.15) is 17.7 Å². The number of halogens is 4. The van der Waals surface area contributed by atoms with Crippen molar-refractivity contribution in [3.63, 3.8) is 0 Å². The van der Waals surface area contributed by atoms with Gasteiger partial charge in [-0.2, -0.15) is 13.2 Å². The van der Waals surface area contributed by atoms with E-state index in [0.29, 0.717) is 23.1 Å². The summed E-state index contributed by atoms with van der Waals surface area (Å²) in [5.41, 5.74) is -3.97. The van der Waals surface area contributed by atoms with Crippen molar-refractivity contribution in [3.05, 3.63) is 80.0 Å². The predicted octanol–water partition coefficient (Wildman–Crippen LogP) is 5.68. The zero-order valence-electron chi connectivity index (χ0n) is 18.6. The molecule has 0 fully saturated rings. The van der Waals surface area contributed by atoms with Crippen LogP contribution >= 0.6 is 0 Å². The third kappa shape index (κ3) is 4.61. The van der Waals surface area contributed by atoms with Gasteiger partial charge in [0, 0.05) is 6.07 Å². The number of benzene rings is 1. The van der Waals surface area contributed by atoms with Crippen LogP contribution in [-0.4, -0.2) is 19.5 Å². The first-order chi connectivity index (χ1) is 15.8. The van der Waals surface area contributed by atoms with Gasteiger partial charge in [-0.25, -0.2) is 14.4 Å². The van der Waals surface area contributed by atoms with E-state index >= 15 is 0 Å². The van der Waals surface area contributed by atoms with Crippen LogP contribution in [0.4, 0.5) is 34.6 Å². The van der Waals surface area contributed by atoms with Crippen molar-refractivity contribution in [3.8, 4) is 5.69 Å². The van der Waals surface area contributed by atoms with Crippen LogP contribution in [-0.2, 0) is 6.18 Å². The predicted molar refractivity (Wildman–Crippen MR) is 117 cm³/mol. The van der Waals surface area contributed by atoms with E-state index in [1.165, 1.54) is 6.33 Å². The van der Waals surface area contributed by atoms with E-state index in [0.717, 1.165) is 24.3 Å². The normalized spacial score (nSPS) is 11.8. The maximum atomic E-state index is 14.7. The van der Waals surface area contributed by atoms with E-state index in [4.69, 9.17) is 0 Å². The third-order valence-electron chi connectivity index (χ3n) is 5.02. The molecule has 3 rings (SSSR count). The Morgan fingerprint density at radius 3 is 2.12 bits per heavy atom. The minimum Gasteiger partial charge on any atom is -0.348 e. The number of nitrogens with zero attached hydrogens (tertiary/aromatic N) is 4. The summed E-state index contributed by atoms with van der Waals surface area (Å²) in [4.78, 5) is 32.1. The molecule has 2 heterocycles. The largest absolute Gasteiger partial charge is 0.431 e. The molecule has 180 valence electrons. The lowest BCUT2D eigenvalue weighted by Crippen LogP contribution is -2.29. The average molecular weight is 479 g/mol. The number of hydrogen-bond donors (Lipinski definition) is 1. The topological polar surface area (TPSA) is 103 Å². The highest BCUT2D eigenvalue weighted by Gasteiger charge is 2.38. The van der Waals surface area contributed by atoms with Crippen LogP contribution in [0, 0.1) is 15.9 Å². The van der Waals surface area contributed by atoms with E-state index in [-0.39, 0.29) is 22.1 Å². The maximum Gasteiger partial charge on any atom is 0.431 e. The Morgan fingerprint density at radius 2 is 1.62 bits per heavy atom. The molecule has 0 aliphatic rings. The molecule has 8 nitrogen and oxygen atoms in total. The molecule has 0 aliphatic carbocycles. The lowest BCUT2D eigenvalue weighted by Gasteiger charge is -2.21. The molecule has 0 saturated carbocycles. The second kappa shape index (κ2) is 9.20. The maximum absolute atomic E-state index is 14.7. The van der Waals surface area contributed by atoms with Crippen LogP contribution in [0.1, 0.15) is 56.6 Å². The Labute approximate surface area is 191 Å². The summed E-state index contributed by atoms with van der Waals surface area (Å²) < 4.78 is 56.0. The van der Waals surface area contributed by atoms with Crippen LogP contribution < -0.4 is 10.9 Å². The first-order valence-corrected chi connectivity index (χ1v) is 10.2. The fourth-order valence-corrected chi connectivity index (χ4v) is 3.50. The number of nitro groups is 1. The Morgan fingerprint density at radius 1 is 1.03 bits per heavy atom. The highest BCUT2D eigenvalue weighted by Crippen LogP contribution is 2.35. The van der Waals surface area contributed by atoms with Gasteiger partial charge >= 0.3 is 6.18 Å². The Hall–Kier alpha value is -3.83. The van der Waals surface area contributed by atoms with Gasteiger partial charge < -0.3 is 5.32 Å². The van der Waals surface area contributed by atoms with Crippen molar-refractivity contribution < 1.29 is 22.5 Å². The fraction of sp³-hybridized carbons (Fsp3) is 0.318. The summed E-state index contributed by atoms with van der Waals surface area (Å²) in [5, 5.41) is 14.3. The van der Waals surface area contributed by atoms with Crippen molar-refractivity contribution >= 4 is 17.1 Å². The van der Waals surface area contributed by atoms with Crippen molar-refractivity contribution in [1.82, 2.24) is 14.5 Å². The zero-order valence-corrected chi connectivity index (χ0v) is 18.6. The van der Waals surface area contributed by atoms with Gasteiger partial charge in [-0.15, -0.1) is 0 Å². The number of nitro benzene ring substituents is 1. The van der Waals surface area contributed by atoms with E-state index < -0.39 is 39.5 Å². The number of nitrogens with one attached hydrogen (secondary N) is 1. The summed E-state index contributed by atoms with van der Waals surface area (Å²) in [5.74, 6) is -1.62. The lowest BCUT2D eigenvalue weighted by molar-refractivity contribution is -0.384. The Kier molecular flexibility index (Phi) is 6.71. The van der Waals surface area contributed by atoms with Gasteiger partial charge in [0.2, 0.25) is 0 Å². The number of hydrogen-bond acceptors (Lipinski definition) is 6. The molecule has 0 unspecified atom stereocenters. The Bertz CT molecular complexity index is 1280. The van der Waals surface area contributed by atoms with Crippen molar-refractivity contribution in [2.45, 2.75) is 45.7 Å². The summed E-state index contributed by atoms with van der Waals surface area (Å²) in [6.07, 6.45) is -3.75. The van der Waals surface area contributed by atoms with E-state index in [9.17, 15) is 32.5 Å². The van der Waals surface area contributed by atoms with Gasteiger partial charge in [-0.05, 0) is 30.0 Å². The molecule has 0 spiro atoms. The highest BCUT2D eigenvalue weighted by molar-refractivity contribution is 5.66. The third-order valence-corrected chi connectivity index (χ3v) is 5.02. The van der Waals surface area contributed by atoms with Crippen LogP contribution in [0.15, 0.2) is 41.5 Å². The SMILES string of the molecule is CC(C)c1ncnc(C(C)C)c1Nc1ccc(C(F)(F)F)n(-c2c(F)cccc2[N+](=O)[O-])c1=O. The summed E-state index contributed by atoms with van der Waals surface area (Å²) >= 11 is 0. The molecule has 0 atom stereocenters. The molecule has 0 aliphatic heterocycles. The second-order valence-electron chi connectivity index (χ2n) is 8.09. The molecule has 1 N–H and O–H groups in total. The van der Waals surface area contributed by atoms with Crippen LogP contribution in [0.5, 0.6) is 0 Å². The van der Waals surface area contributed by atoms with E-state index in [1.54, 1.807) is 0 Å². The molecule has 0 amide bonds. The molecule has 3 aromatic rings. The quantitative estimate of drug-likeness (QED) is 0.277. The van der Waals surface area contributed by atoms with Crippen LogP contribution in [0.3, 0.4) is 0 Å². The number of aromatic nitrogens is 3. The summed E-state index contributed by atoms with van der Waals surface area (Å²) in [7, 11) is 0. The minimum atomic E-state index is -5.10. The molecule has 0 bridgehead atoms. The number of rotatable bonds is 6. The molecule has 1 aromatic carbocycles.